The molecule has 1 saturated carbocycles. The second-order valence-corrected chi connectivity index (χ2v) is 8.45. The molecule has 1 aliphatic carbocycles. The zero-order valence-electron chi connectivity index (χ0n) is 14.5. The van der Waals surface area contributed by atoms with E-state index < -0.39 is 0 Å². The zero-order chi connectivity index (χ0) is 15.0. The molecule has 0 bridgehead atoms. The molecule has 2 fully saturated rings. The van der Waals surface area contributed by atoms with Gasteiger partial charge in [-0.3, -0.25) is 4.90 Å². The van der Waals surface area contributed by atoms with Crippen molar-refractivity contribution in [3.63, 3.8) is 0 Å². The van der Waals surface area contributed by atoms with E-state index in [9.17, 15) is 0 Å². The quantitative estimate of drug-likeness (QED) is 0.842. The minimum absolute atomic E-state index is 0.275. The summed E-state index contributed by atoms with van der Waals surface area (Å²) >= 11 is 0. The molecule has 2 aliphatic rings. The first-order valence-corrected chi connectivity index (χ1v) is 8.78. The Morgan fingerprint density at radius 1 is 1.10 bits per heavy atom. The predicted octanol–water partition coefficient (Wildman–Crippen LogP) is 4.04. The van der Waals surface area contributed by atoms with Crippen LogP contribution in [-0.2, 0) is 0 Å². The Morgan fingerprint density at radius 2 is 1.65 bits per heavy atom. The maximum atomic E-state index is 6.30. The number of rotatable bonds is 4. The molecule has 0 aromatic carbocycles. The topological polar surface area (TPSA) is 29.3 Å². The van der Waals surface area contributed by atoms with Gasteiger partial charge in [-0.1, -0.05) is 47.5 Å². The number of nitrogens with zero attached hydrogens (tertiary/aromatic N) is 1. The van der Waals surface area contributed by atoms with E-state index >= 15 is 0 Å². The summed E-state index contributed by atoms with van der Waals surface area (Å²) in [6, 6.07) is 0. The third kappa shape index (κ3) is 2.66. The van der Waals surface area contributed by atoms with Crippen molar-refractivity contribution in [3.05, 3.63) is 0 Å². The van der Waals surface area contributed by atoms with Crippen molar-refractivity contribution in [2.24, 2.45) is 22.5 Å². The summed E-state index contributed by atoms with van der Waals surface area (Å²) < 4.78 is 0. The first-order valence-electron chi connectivity index (χ1n) is 8.78. The highest BCUT2D eigenvalue weighted by Crippen LogP contribution is 2.51. The molecule has 0 amide bonds. The fraction of sp³-hybridized carbons (Fsp3) is 1.00. The normalized spacial score (nSPS) is 37.2. The minimum atomic E-state index is 0.275. The smallest absolute Gasteiger partial charge is 0.0362 e. The molecule has 2 rings (SSSR count). The zero-order valence-corrected chi connectivity index (χ0v) is 14.5. The number of hydrogen-bond acceptors (Lipinski definition) is 2. The monoisotopic (exact) mass is 280 g/mol. The molecule has 1 heterocycles. The summed E-state index contributed by atoms with van der Waals surface area (Å²) in [6.45, 7) is 15.4. The van der Waals surface area contributed by atoms with E-state index in [2.05, 4.69) is 39.5 Å². The van der Waals surface area contributed by atoms with E-state index in [0.717, 1.165) is 12.5 Å². The molecule has 0 spiro atoms. The Balaban J connectivity index is 2.12. The van der Waals surface area contributed by atoms with Gasteiger partial charge >= 0.3 is 0 Å². The van der Waals surface area contributed by atoms with Crippen molar-refractivity contribution in [1.82, 2.24) is 4.90 Å². The van der Waals surface area contributed by atoms with Gasteiger partial charge in [0.1, 0.15) is 0 Å². The van der Waals surface area contributed by atoms with Crippen LogP contribution in [-0.4, -0.2) is 30.1 Å². The maximum absolute atomic E-state index is 6.30. The number of hydrogen-bond donors (Lipinski definition) is 1. The second kappa shape index (κ2) is 5.61. The van der Waals surface area contributed by atoms with E-state index in [1.54, 1.807) is 0 Å². The molecule has 2 nitrogen and oxygen atoms in total. The molecule has 2 atom stereocenters. The fourth-order valence-electron chi connectivity index (χ4n) is 5.30. The van der Waals surface area contributed by atoms with E-state index in [0.29, 0.717) is 10.8 Å². The van der Waals surface area contributed by atoms with E-state index in [1.807, 2.05) is 0 Å². The Hall–Kier alpha value is -0.0800. The van der Waals surface area contributed by atoms with Gasteiger partial charge in [0, 0.05) is 12.1 Å². The van der Waals surface area contributed by atoms with Gasteiger partial charge in [-0.15, -0.1) is 0 Å². The second-order valence-electron chi connectivity index (χ2n) is 8.45. The highest BCUT2D eigenvalue weighted by atomic mass is 15.2. The van der Waals surface area contributed by atoms with Gasteiger partial charge < -0.3 is 5.73 Å². The van der Waals surface area contributed by atoms with Crippen LogP contribution in [0.3, 0.4) is 0 Å². The summed E-state index contributed by atoms with van der Waals surface area (Å²) in [6.07, 6.45) is 8.03. The van der Waals surface area contributed by atoms with Gasteiger partial charge in [0.05, 0.1) is 0 Å². The Labute approximate surface area is 126 Å². The van der Waals surface area contributed by atoms with Gasteiger partial charge in [-0.25, -0.2) is 0 Å². The van der Waals surface area contributed by atoms with Crippen LogP contribution in [0, 0.1) is 16.7 Å². The molecule has 0 aromatic heterocycles. The van der Waals surface area contributed by atoms with Crippen LogP contribution in [0.15, 0.2) is 0 Å². The van der Waals surface area contributed by atoms with Crippen LogP contribution in [0.2, 0.25) is 0 Å². The van der Waals surface area contributed by atoms with Crippen molar-refractivity contribution in [3.8, 4) is 0 Å². The third-order valence-electron chi connectivity index (χ3n) is 6.87. The summed E-state index contributed by atoms with van der Waals surface area (Å²) in [4.78, 5) is 2.77. The Morgan fingerprint density at radius 3 is 2.00 bits per heavy atom. The number of piperidine rings is 1. The van der Waals surface area contributed by atoms with Crippen molar-refractivity contribution in [2.45, 2.75) is 78.7 Å². The molecule has 1 aliphatic heterocycles. The van der Waals surface area contributed by atoms with Crippen molar-refractivity contribution in [2.75, 3.05) is 19.6 Å². The first-order chi connectivity index (χ1) is 9.33. The van der Waals surface area contributed by atoms with E-state index in [1.165, 1.54) is 51.6 Å². The Bertz CT molecular complexity index is 322. The summed E-state index contributed by atoms with van der Waals surface area (Å²) in [5.74, 6) is 0.734. The fourth-order valence-corrected chi connectivity index (χ4v) is 5.30. The van der Waals surface area contributed by atoms with Crippen LogP contribution >= 0.6 is 0 Å². The standard InChI is InChI=1S/C18H36N2/c1-6-17(7-2)8-10-20(11-9-17)18(14-19)13-16(4,5)12-15(18)3/h15H,6-14,19H2,1-5H3. The lowest BCUT2D eigenvalue weighted by Gasteiger charge is -2.50. The lowest BCUT2D eigenvalue weighted by Crippen LogP contribution is -2.59. The van der Waals surface area contributed by atoms with Gasteiger partial charge in [-0.05, 0) is 55.5 Å². The van der Waals surface area contributed by atoms with Gasteiger partial charge in [0.15, 0.2) is 0 Å². The number of likely N-dealkylation sites (tertiary alicyclic amines) is 1. The molecule has 2 unspecified atom stereocenters. The molecule has 0 aromatic rings. The molecular weight excluding hydrogens is 244 g/mol. The summed E-state index contributed by atoms with van der Waals surface area (Å²) in [7, 11) is 0. The third-order valence-corrected chi connectivity index (χ3v) is 6.87. The van der Waals surface area contributed by atoms with E-state index in [4.69, 9.17) is 5.73 Å². The van der Waals surface area contributed by atoms with Crippen LogP contribution < -0.4 is 5.73 Å². The molecule has 118 valence electrons. The van der Waals surface area contributed by atoms with Crippen LogP contribution in [0.5, 0.6) is 0 Å². The lowest BCUT2D eigenvalue weighted by atomic mass is 9.72. The van der Waals surface area contributed by atoms with Crippen molar-refractivity contribution in [1.29, 1.82) is 0 Å². The van der Waals surface area contributed by atoms with Gasteiger partial charge in [0.2, 0.25) is 0 Å². The molecule has 0 radical (unpaired) electrons. The van der Waals surface area contributed by atoms with Gasteiger partial charge in [-0.2, -0.15) is 0 Å². The predicted molar refractivity (Wildman–Crippen MR) is 87.8 cm³/mol. The van der Waals surface area contributed by atoms with Crippen LogP contribution in [0.1, 0.15) is 73.1 Å². The molecule has 20 heavy (non-hydrogen) atoms. The summed E-state index contributed by atoms with van der Waals surface area (Å²) in [5.41, 5.74) is 7.65. The minimum Gasteiger partial charge on any atom is -0.329 e. The van der Waals surface area contributed by atoms with Crippen LogP contribution in [0.25, 0.3) is 0 Å². The molecule has 1 saturated heterocycles. The maximum Gasteiger partial charge on any atom is 0.0362 e. The van der Waals surface area contributed by atoms with Crippen molar-refractivity contribution >= 4 is 0 Å². The SMILES string of the molecule is CCC1(CC)CCN(C2(CN)CC(C)(C)CC2C)CC1. The van der Waals surface area contributed by atoms with Crippen molar-refractivity contribution < 1.29 is 0 Å². The highest BCUT2D eigenvalue weighted by Gasteiger charge is 2.52. The van der Waals surface area contributed by atoms with Crippen LogP contribution in [0.4, 0.5) is 0 Å². The summed E-state index contributed by atoms with van der Waals surface area (Å²) in [5, 5.41) is 0. The molecule has 2 heteroatoms. The average Bonchev–Trinajstić information content (AvgIpc) is 2.69. The number of nitrogens with two attached hydrogens (primary N) is 1. The molecular formula is C18H36N2. The Kier molecular flexibility index (Phi) is 4.57. The van der Waals surface area contributed by atoms with E-state index in [-0.39, 0.29) is 5.54 Å². The average molecular weight is 280 g/mol. The largest absolute Gasteiger partial charge is 0.329 e. The van der Waals surface area contributed by atoms with Gasteiger partial charge in [0.25, 0.3) is 0 Å². The lowest BCUT2D eigenvalue weighted by molar-refractivity contribution is -0.00353. The molecule has 2 N–H and O–H groups in total. The highest BCUT2D eigenvalue weighted by molar-refractivity contribution is 5.07. The first kappa shape index (κ1) is 16.3.